The largest absolute Gasteiger partial charge is 0.379 e. The molecule has 1 aromatic rings. The van der Waals surface area contributed by atoms with Crippen molar-refractivity contribution in [3.05, 3.63) is 30.3 Å². The number of hydrogen-bond donors (Lipinski definition) is 1. The van der Waals surface area contributed by atoms with Gasteiger partial charge in [0.15, 0.2) is 0 Å². The van der Waals surface area contributed by atoms with Gasteiger partial charge in [-0.1, -0.05) is 25.1 Å². The van der Waals surface area contributed by atoms with Gasteiger partial charge in [0.05, 0.1) is 6.10 Å². The Morgan fingerprint density at radius 2 is 1.83 bits per heavy atom. The first-order valence-electron chi connectivity index (χ1n) is 9.05. The SMILES string of the molecule is CO[C@@H]1CN(C(=O)NC2CCN(c3ccccc3)CC2)CC[C@H]1C. The first kappa shape index (κ1) is 17.1. The minimum absolute atomic E-state index is 0.0714. The van der Waals surface area contributed by atoms with E-state index in [9.17, 15) is 4.79 Å². The fourth-order valence-electron chi connectivity index (χ4n) is 3.71. The molecule has 2 saturated heterocycles. The maximum atomic E-state index is 12.5. The van der Waals surface area contributed by atoms with Crippen LogP contribution in [0.5, 0.6) is 0 Å². The zero-order chi connectivity index (χ0) is 16.9. The fraction of sp³-hybridized carbons (Fsp3) is 0.632. The van der Waals surface area contributed by atoms with E-state index in [1.54, 1.807) is 7.11 Å². The fourth-order valence-corrected chi connectivity index (χ4v) is 3.71. The average Bonchev–Trinajstić information content (AvgIpc) is 2.63. The van der Waals surface area contributed by atoms with Crippen LogP contribution < -0.4 is 10.2 Å². The molecule has 0 unspecified atom stereocenters. The van der Waals surface area contributed by atoms with Crippen molar-refractivity contribution in [3.8, 4) is 0 Å². The molecule has 0 bridgehead atoms. The Bertz CT molecular complexity index is 529. The summed E-state index contributed by atoms with van der Waals surface area (Å²) in [5.74, 6) is 0.521. The Morgan fingerprint density at radius 3 is 2.50 bits per heavy atom. The molecule has 0 spiro atoms. The zero-order valence-corrected chi connectivity index (χ0v) is 14.8. The van der Waals surface area contributed by atoms with Gasteiger partial charge in [-0.05, 0) is 37.3 Å². The molecule has 2 aliphatic rings. The summed E-state index contributed by atoms with van der Waals surface area (Å²) in [5.41, 5.74) is 1.27. The second kappa shape index (κ2) is 7.88. The van der Waals surface area contributed by atoms with Crippen LogP contribution in [-0.2, 0) is 4.74 Å². The van der Waals surface area contributed by atoms with Gasteiger partial charge in [0.1, 0.15) is 0 Å². The number of methoxy groups -OCH3 is 1. The lowest BCUT2D eigenvalue weighted by atomic mass is 9.96. The molecule has 0 saturated carbocycles. The smallest absolute Gasteiger partial charge is 0.317 e. The number of para-hydroxylation sites is 1. The van der Waals surface area contributed by atoms with Crippen molar-refractivity contribution in [1.29, 1.82) is 0 Å². The number of urea groups is 1. The molecule has 2 heterocycles. The predicted octanol–water partition coefficient (Wildman–Crippen LogP) is 2.72. The summed E-state index contributed by atoms with van der Waals surface area (Å²) in [6.45, 7) is 5.71. The number of hydrogen-bond acceptors (Lipinski definition) is 3. The predicted molar refractivity (Wildman–Crippen MR) is 96.4 cm³/mol. The Balaban J connectivity index is 1.47. The van der Waals surface area contributed by atoms with E-state index < -0.39 is 0 Å². The topological polar surface area (TPSA) is 44.8 Å². The molecule has 5 nitrogen and oxygen atoms in total. The lowest BCUT2D eigenvalue weighted by molar-refractivity contribution is 0.00674. The van der Waals surface area contributed by atoms with Crippen LogP contribution >= 0.6 is 0 Å². The molecule has 0 aliphatic carbocycles. The number of benzene rings is 1. The van der Waals surface area contributed by atoms with Gasteiger partial charge in [0.25, 0.3) is 0 Å². The van der Waals surface area contributed by atoms with Crippen LogP contribution in [0.15, 0.2) is 30.3 Å². The summed E-state index contributed by atoms with van der Waals surface area (Å²) in [6.07, 6.45) is 3.17. The number of piperidine rings is 2. The van der Waals surface area contributed by atoms with Crippen LogP contribution in [0.3, 0.4) is 0 Å². The van der Waals surface area contributed by atoms with Gasteiger partial charge in [0, 0.05) is 45.0 Å². The van der Waals surface area contributed by atoms with Crippen molar-refractivity contribution < 1.29 is 9.53 Å². The van der Waals surface area contributed by atoms with E-state index in [0.717, 1.165) is 38.9 Å². The first-order valence-corrected chi connectivity index (χ1v) is 9.05. The van der Waals surface area contributed by atoms with Gasteiger partial charge in [-0.3, -0.25) is 0 Å². The Hall–Kier alpha value is -1.75. The highest BCUT2D eigenvalue weighted by molar-refractivity contribution is 5.74. The number of nitrogens with zero attached hydrogens (tertiary/aromatic N) is 2. The van der Waals surface area contributed by atoms with Crippen molar-refractivity contribution in [3.63, 3.8) is 0 Å². The van der Waals surface area contributed by atoms with E-state index in [4.69, 9.17) is 4.74 Å². The maximum Gasteiger partial charge on any atom is 0.317 e. The molecule has 2 fully saturated rings. The highest BCUT2D eigenvalue weighted by atomic mass is 16.5. The second-order valence-corrected chi connectivity index (χ2v) is 7.03. The highest BCUT2D eigenvalue weighted by Gasteiger charge is 2.30. The highest BCUT2D eigenvalue weighted by Crippen LogP contribution is 2.21. The second-order valence-electron chi connectivity index (χ2n) is 7.03. The van der Waals surface area contributed by atoms with Crippen molar-refractivity contribution in [2.45, 2.75) is 38.3 Å². The molecular weight excluding hydrogens is 302 g/mol. The molecule has 5 heteroatoms. The zero-order valence-electron chi connectivity index (χ0n) is 14.8. The van der Waals surface area contributed by atoms with E-state index in [-0.39, 0.29) is 18.2 Å². The Labute approximate surface area is 145 Å². The van der Waals surface area contributed by atoms with Crippen LogP contribution in [0.1, 0.15) is 26.2 Å². The minimum atomic E-state index is 0.0714. The molecule has 2 atom stereocenters. The van der Waals surface area contributed by atoms with Gasteiger partial charge in [-0.25, -0.2) is 4.79 Å². The summed E-state index contributed by atoms with van der Waals surface area (Å²) >= 11 is 0. The third-order valence-electron chi connectivity index (χ3n) is 5.42. The minimum Gasteiger partial charge on any atom is -0.379 e. The van der Waals surface area contributed by atoms with Crippen molar-refractivity contribution >= 4 is 11.7 Å². The van der Waals surface area contributed by atoms with Crippen LogP contribution in [0.25, 0.3) is 0 Å². The number of anilines is 1. The quantitative estimate of drug-likeness (QED) is 0.926. The van der Waals surface area contributed by atoms with E-state index in [1.165, 1.54) is 5.69 Å². The average molecular weight is 331 g/mol. The number of likely N-dealkylation sites (tertiary alicyclic amines) is 1. The number of carbonyl (C=O) groups excluding carboxylic acids is 1. The van der Waals surface area contributed by atoms with Gasteiger partial charge in [0.2, 0.25) is 0 Å². The summed E-state index contributed by atoms with van der Waals surface area (Å²) in [4.78, 5) is 16.8. The molecule has 132 valence electrons. The van der Waals surface area contributed by atoms with E-state index >= 15 is 0 Å². The molecule has 0 aromatic heterocycles. The molecule has 1 N–H and O–H groups in total. The van der Waals surface area contributed by atoms with Crippen LogP contribution in [0, 0.1) is 5.92 Å². The van der Waals surface area contributed by atoms with Gasteiger partial charge < -0.3 is 19.9 Å². The van der Waals surface area contributed by atoms with Crippen LogP contribution in [0.4, 0.5) is 10.5 Å². The number of amides is 2. The van der Waals surface area contributed by atoms with Crippen LogP contribution in [0.2, 0.25) is 0 Å². The van der Waals surface area contributed by atoms with E-state index in [0.29, 0.717) is 12.5 Å². The maximum absolute atomic E-state index is 12.5. The van der Waals surface area contributed by atoms with Crippen LogP contribution in [-0.4, -0.2) is 56.4 Å². The number of ether oxygens (including phenoxy) is 1. The lowest BCUT2D eigenvalue weighted by Gasteiger charge is -2.38. The van der Waals surface area contributed by atoms with Crippen molar-refractivity contribution in [2.24, 2.45) is 5.92 Å². The number of carbonyl (C=O) groups is 1. The monoisotopic (exact) mass is 331 g/mol. The molecule has 1 aromatic carbocycles. The summed E-state index contributed by atoms with van der Waals surface area (Å²) in [6, 6.07) is 10.8. The third kappa shape index (κ3) is 4.01. The third-order valence-corrected chi connectivity index (χ3v) is 5.42. The summed E-state index contributed by atoms with van der Waals surface area (Å²) in [5, 5.41) is 3.22. The van der Waals surface area contributed by atoms with E-state index in [1.807, 2.05) is 11.0 Å². The summed E-state index contributed by atoms with van der Waals surface area (Å²) < 4.78 is 5.51. The lowest BCUT2D eigenvalue weighted by Crippen LogP contribution is -2.54. The molecular formula is C19H29N3O2. The normalized spacial score (nSPS) is 25.6. The molecule has 2 aliphatic heterocycles. The van der Waals surface area contributed by atoms with Gasteiger partial charge >= 0.3 is 6.03 Å². The Morgan fingerprint density at radius 1 is 1.12 bits per heavy atom. The molecule has 24 heavy (non-hydrogen) atoms. The van der Waals surface area contributed by atoms with Gasteiger partial charge in [-0.15, -0.1) is 0 Å². The number of nitrogens with one attached hydrogen (secondary N) is 1. The first-order chi connectivity index (χ1) is 11.7. The van der Waals surface area contributed by atoms with Crippen molar-refractivity contribution in [2.75, 3.05) is 38.2 Å². The Kier molecular flexibility index (Phi) is 5.61. The molecule has 3 rings (SSSR count). The standard InChI is InChI=1S/C19H29N3O2/c1-15-8-11-22(14-18(15)24-2)19(23)20-16-9-12-21(13-10-16)17-6-4-3-5-7-17/h3-7,15-16,18H,8-14H2,1-2H3,(H,20,23)/t15-,18-/m1/s1. The van der Waals surface area contributed by atoms with Gasteiger partial charge in [-0.2, -0.15) is 0 Å². The molecule has 2 amide bonds. The van der Waals surface area contributed by atoms with E-state index in [2.05, 4.69) is 41.4 Å². The molecule has 0 radical (unpaired) electrons. The summed E-state index contributed by atoms with van der Waals surface area (Å²) in [7, 11) is 1.74. The number of rotatable bonds is 3. The van der Waals surface area contributed by atoms with Crippen molar-refractivity contribution in [1.82, 2.24) is 10.2 Å².